The van der Waals surface area contributed by atoms with Crippen molar-refractivity contribution in [1.82, 2.24) is 4.90 Å². The molecule has 6 rings (SSSR count). The van der Waals surface area contributed by atoms with Crippen molar-refractivity contribution in [1.29, 1.82) is 0 Å². The second-order valence-electron chi connectivity index (χ2n) is 10.7. The second kappa shape index (κ2) is 10.8. The van der Waals surface area contributed by atoms with Gasteiger partial charge in [0.05, 0.1) is 35.5 Å². The lowest BCUT2D eigenvalue weighted by Crippen LogP contribution is -2.61. The average Bonchev–Trinajstić information content (AvgIpc) is 3.58. The van der Waals surface area contributed by atoms with Gasteiger partial charge in [-0.1, -0.05) is 66.2 Å². The van der Waals surface area contributed by atoms with Gasteiger partial charge in [-0.2, -0.15) is 13.2 Å². The van der Waals surface area contributed by atoms with Crippen LogP contribution in [0.3, 0.4) is 0 Å². The number of rotatable bonds is 4. The zero-order valence-corrected chi connectivity index (χ0v) is 25.1. The fourth-order valence-electron chi connectivity index (χ4n) is 5.87. The summed E-state index contributed by atoms with van der Waals surface area (Å²) < 4.78 is 65.5. The van der Waals surface area contributed by atoms with Crippen molar-refractivity contribution in [2.45, 2.75) is 36.5 Å². The minimum absolute atomic E-state index is 0.102. The van der Waals surface area contributed by atoms with Gasteiger partial charge >= 0.3 is 6.18 Å². The smallest absolute Gasteiger partial charge is 0.362 e. The maximum atomic E-state index is 14.5. The van der Waals surface area contributed by atoms with Gasteiger partial charge in [-0.15, -0.1) is 0 Å². The fraction of sp³-hybridized carbons (Fsp3) is 0.250. The van der Waals surface area contributed by atoms with Crippen LogP contribution in [0.2, 0.25) is 10.0 Å². The lowest BCUT2D eigenvalue weighted by molar-refractivity contribution is -0.159. The van der Waals surface area contributed by atoms with Crippen molar-refractivity contribution >= 4 is 58.9 Å². The van der Waals surface area contributed by atoms with E-state index in [-0.39, 0.29) is 23.8 Å². The van der Waals surface area contributed by atoms with Crippen LogP contribution in [0.4, 0.5) is 17.6 Å². The van der Waals surface area contributed by atoms with Crippen LogP contribution in [0.15, 0.2) is 65.6 Å². The van der Waals surface area contributed by atoms with Crippen molar-refractivity contribution in [3.05, 3.63) is 115 Å². The molecule has 1 fully saturated rings. The maximum absolute atomic E-state index is 14.5. The Morgan fingerprint density at radius 3 is 2.47 bits per heavy atom. The lowest BCUT2D eigenvalue weighted by Gasteiger charge is -2.47. The van der Waals surface area contributed by atoms with Crippen molar-refractivity contribution in [3.8, 4) is 0 Å². The number of hydrogen-bond donors (Lipinski definition) is 0. The molecule has 0 aromatic heterocycles. The number of nitrogens with zero attached hydrogens (tertiary/aromatic N) is 2. The largest absolute Gasteiger partial charge is 0.409 e. The lowest BCUT2D eigenvalue weighted by atomic mass is 9.83. The number of halogens is 6. The molecular weight excluding hydrogens is 623 g/mol. The van der Waals surface area contributed by atoms with E-state index in [0.717, 1.165) is 33.7 Å². The Bertz CT molecular complexity index is 1810. The molecule has 0 N–H and O–H groups in total. The van der Waals surface area contributed by atoms with Crippen molar-refractivity contribution < 1.29 is 27.1 Å². The van der Waals surface area contributed by atoms with Crippen molar-refractivity contribution in [2.75, 3.05) is 13.1 Å². The molecule has 1 spiro atoms. The van der Waals surface area contributed by atoms with Crippen molar-refractivity contribution in [2.24, 2.45) is 4.40 Å². The van der Waals surface area contributed by atoms with E-state index in [9.17, 15) is 22.4 Å². The van der Waals surface area contributed by atoms with Crippen molar-refractivity contribution in [3.63, 3.8) is 0 Å². The van der Waals surface area contributed by atoms with Crippen LogP contribution in [-0.2, 0) is 21.7 Å². The SMILES string of the molecule is C=CC=c1ccc(C(=O)N2CC3(C2)OCc2cc(C4=NSC(c5cc(Cl)c(F)c(Cl)c5)(C(F)(F)F)C4)ccc23)cc1=CC. The number of benzene rings is 3. The first kappa shape index (κ1) is 29.9. The molecule has 0 saturated carbocycles. The number of hydrogen-bond acceptors (Lipinski definition) is 4. The zero-order valence-electron chi connectivity index (χ0n) is 22.8. The highest BCUT2D eigenvalue weighted by Crippen LogP contribution is 2.57. The van der Waals surface area contributed by atoms with E-state index in [4.69, 9.17) is 27.9 Å². The number of carbonyl (C=O) groups is 1. The molecule has 3 aromatic rings. The topological polar surface area (TPSA) is 41.9 Å². The molecule has 3 aliphatic rings. The summed E-state index contributed by atoms with van der Waals surface area (Å²) in [7, 11) is 0. The molecule has 1 saturated heterocycles. The van der Waals surface area contributed by atoms with Crippen LogP contribution < -0.4 is 10.4 Å². The quantitative estimate of drug-likeness (QED) is 0.173. The highest BCUT2D eigenvalue weighted by Gasteiger charge is 2.60. The van der Waals surface area contributed by atoms with E-state index >= 15 is 0 Å². The fourth-order valence-corrected chi connectivity index (χ4v) is 7.32. The number of carbonyl (C=O) groups excluding carboxylic acids is 1. The standard InChI is InChI=1S/C32H24Cl2F4N2O2S/c1-3-5-19-6-7-21(10-18(19)4-2)29(41)40-16-30(17-40)24-9-8-20(11-22(24)15-42-30)27-14-31(43-39-27,32(36,37)38)23-12-25(33)28(35)26(34)13-23/h3-13H,1,14-17H2,2H3. The average molecular weight is 648 g/mol. The van der Waals surface area contributed by atoms with E-state index in [1.54, 1.807) is 29.2 Å². The summed E-state index contributed by atoms with van der Waals surface area (Å²) in [5.74, 6) is -1.07. The normalized spacial score (nSPS) is 21.7. The van der Waals surface area contributed by atoms with Gasteiger partial charge < -0.3 is 9.64 Å². The van der Waals surface area contributed by atoms with Crippen LogP contribution in [-0.4, -0.2) is 35.8 Å². The number of fused-ring (bicyclic) bond motifs is 2. The molecule has 3 heterocycles. The van der Waals surface area contributed by atoms with Gasteiger partial charge in [0.25, 0.3) is 5.91 Å². The highest BCUT2D eigenvalue weighted by atomic mass is 35.5. The first-order chi connectivity index (χ1) is 20.4. The number of amides is 1. The molecule has 4 nitrogen and oxygen atoms in total. The molecule has 11 heteroatoms. The predicted octanol–water partition coefficient (Wildman–Crippen LogP) is 7.08. The first-order valence-electron chi connectivity index (χ1n) is 13.3. The van der Waals surface area contributed by atoms with Crippen LogP contribution >= 0.6 is 35.1 Å². The van der Waals surface area contributed by atoms with Gasteiger partial charge in [-0.3, -0.25) is 4.79 Å². The molecule has 1 amide bonds. The third kappa shape index (κ3) is 4.90. The van der Waals surface area contributed by atoms with Crippen LogP contribution in [0, 0.1) is 5.82 Å². The monoisotopic (exact) mass is 646 g/mol. The molecule has 0 bridgehead atoms. The maximum Gasteiger partial charge on any atom is 0.409 e. The summed E-state index contributed by atoms with van der Waals surface area (Å²) >= 11 is 12.1. The van der Waals surface area contributed by atoms with Gasteiger partial charge in [0.15, 0.2) is 10.6 Å². The number of likely N-dealkylation sites (tertiary alicyclic amines) is 1. The highest BCUT2D eigenvalue weighted by molar-refractivity contribution is 7.99. The van der Waals surface area contributed by atoms with E-state index in [0.29, 0.717) is 36.2 Å². The Kier molecular flexibility index (Phi) is 7.52. The van der Waals surface area contributed by atoms with E-state index in [2.05, 4.69) is 11.0 Å². The van der Waals surface area contributed by atoms with Crippen LogP contribution in [0.1, 0.15) is 46.0 Å². The minimum atomic E-state index is -4.72. The summed E-state index contributed by atoms with van der Waals surface area (Å²) in [6.07, 6.45) is 0.318. The third-order valence-corrected chi connectivity index (χ3v) is 9.98. The van der Waals surface area contributed by atoms with Gasteiger partial charge in [0, 0.05) is 12.0 Å². The number of alkyl halides is 3. The minimum Gasteiger partial charge on any atom is -0.362 e. The summed E-state index contributed by atoms with van der Waals surface area (Å²) in [6, 6.07) is 12.8. The van der Waals surface area contributed by atoms with Crippen LogP contribution in [0.25, 0.3) is 12.2 Å². The molecule has 43 heavy (non-hydrogen) atoms. The van der Waals surface area contributed by atoms with E-state index in [1.807, 2.05) is 37.3 Å². The molecule has 3 aromatic carbocycles. The third-order valence-electron chi connectivity index (χ3n) is 8.19. The van der Waals surface area contributed by atoms with E-state index in [1.165, 1.54) is 0 Å². The number of ether oxygens (including phenoxy) is 1. The zero-order chi connectivity index (χ0) is 30.7. The van der Waals surface area contributed by atoms with Gasteiger partial charge in [-0.25, -0.2) is 8.79 Å². The van der Waals surface area contributed by atoms with Gasteiger partial charge in [0.2, 0.25) is 0 Å². The predicted molar refractivity (Wildman–Crippen MR) is 162 cm³/mol. The molecule has 222 valence electrons. The summed E-state index contributed by atoms with van der Waals surface area (Å²) in [5.41, 5.74) is 2.17. The molecule has 3 aliphatic heterocycles. The van der Waals surface area contributed by atoms with E-state index < -0.39 is 38.8 Å². The molecular formula is C32H24Cl2F4N2O2S. The van der Waals surface area contributed by atoms with Gasteiger partial charge in [-0.05, 0) is 81.9 Å². The Hall–Kier alpha value is -3.11. The summed E-state index contributed by atoms with van der Waals surface area (Å²) in [4.78, 5) is 15.0. The molecule has 0 radical (unpaired) electrons. The van der Waals surface area contributed by atoms with Gasteiger partial charge in [0.1, 0.15) is 5.60 Å². The molecule has 0 aliphatic carbocycles. The molecule has 1 unspecified atom stereocenters. The Balaban J connectivity index is 1.22. The Labute approximate surface area is 259 Å². The Morgan fingerprint density at radius 2 is 1.81 bits per heavy atom. The summed E-state index contributed by atoms with van der Waals surface area (Å²) in [6.45, 7) is 6.64. The number of allylic oxidation sites excluding steroid dienone is 1. The summed E-state index contributed by atoms with van der Waals surface area (Å²) in [5, 5.41) is 0.936. The second-order valence-corrected chi connectivity index (χ2v) is 12.6. The first-order valence-corrected chi connectivity index (χ1v) is 14.9. The molecule has 1 atom stereocenters. The van der Waals surface area contributed by atoms with Crippen LogP contribution in [0.5, 0.6) is 0 Å². The Morgan fingerprint density at radius 1 is 1.09 bits per heavy atom.